The summed E-state index contributed by atoms with van der Waals surface area (Å²) < 4.78 is 1.29. The van der Waals surface area contributed by atoms with Gasteiger partial charge in [-0.3, -0.25) is 0 Å². The normalized spacial score (nSPS) is 10.7. The van der Waals surface area contributed by atoms with Crippen LogP contribution < -0.4 is 5.32 Å². The van der Waals surface area contributed by atoms with Crippen LogP contribution in [-0.4, -0.2) is 11.0 Å². The number of rotatable bonds is 7. The zero-order valence-electron chi connectivity index (χ0n) is 10.4. The smallest absolute Gasteiger partial charge is 0.0208 e. The van der Waals surface area contributed by atoms with Crippen molar-refractivity contribution in [3.8, 4) is 0 Å². The van der Waals surface area contributed by atoms with Gasteiger partial charge in [-0.1, -0.05) is 52.8 Å². The van der Waals surface area contributed by atoms with Gasteiger partial charge in [-0.25, -0.2) is 0 Å². The number of nitrogens with one attached hydrogen (secondary N) is 1. The van der Waals surface area contributed by atoms with Crippen molar-refractivity contribution in [2.24, 2.45) is 0 Å². The Bertz CT molecular complexity index is 310. The van der Waals surface area contributed by atoms with Gasteiger partial charge in [0.25, 0.3) is 0 Å². The Kier molecular flexibility index (Phi) is 7.05. The summed E-state index contributed by atoms with van der Waals surface area (Å²) in [7, 11) is 0. The van der Waals surface area contributed by atoms with Gasteiger partial charge >= 0.3 is 0 Å². The Hall–Kier alpha value is -0.0900. The molecule has 0 saturated heterocycles. The van der Waals surface area contributed by atoms with E-state index in [1.54, 1.807) is 0 Å². The predicted octanol–water partition coefficient (Wildman–Crippen LogP) is 4.00. The number of unbranched alkanes of at least 4 members (excludes halogenated alkanes) is 2. The highest BCUT2D eigenvalue weighted by molar-refractivity contribution is 14.1. The lowest BCUT2D eigenvalue weighted by Crippen LogP contribution is -2.15. The summed E-state index contributed by atoms with van der Waals surface area (Å²) in [4.78, 5) is 0. The maximum Gasteiger partial charge on any atom is 0.0208 e. The molecule has 0 aliphatic rings. The van der Waals surface area contributed by atoms with Crippen molar-refractivity contribution >= 4 is 22.6 Å². The first-order valence-electron chi connectivity index (χ1n) is 6.07. The van der Waals surface area contributed by atoms with E-state index in [0.29, 0.717) is 0 Å². The Morgan fingerprint density at radius 1 is 1.12 bits per heavy atom. The van der Waals surface area contributed by atoms with E-state index in [1.807, 2.05) is 0 Å². The maximum atomic E-state index is 3.53. The molecule has 2 heteroatoms. The number of alkyl halides is 1. The fourth-order valence-corrected chi connectivity index (χ4v) is 2.27. The number of halogens is 1. The summed E-state index contributed by atoms with van der Waals surface area (Å²) in [6, 6.07) is 6.68. The highest BCUT2D eigenvalue weighted by atomic mass is 127. The minimum atomic E-state index is 1.01. The van der Waals surface area contributed by atoms with E-state index in [-0.39, 0.29) is 0 Å². The number of hydrogen-bond acceptors (Lipinski definition) is 1. The molecule has 0 aliphatic heterocycles. The van der Waals surface area contributed by atoms with Gasteiger partial charge in [-0.2, -0.15) is 0 Å². The van der Waals surface area contributed by atoms with Crippen LogP contribution >= 0.6 is 22.6 Å². The van der Waals surface area contributed by atoms with Crippen molar-refractivity contribution in [2.45, 2.75) is 39.7 Å². The zero-order chi connectivity index (χ0) is 11.8. The van der Waals surface area contributed by atoms with E-state index in [2.05, 4.69) is 60.0 Å². The van der Waals surface area contributed by atoms with E-state index in [1.165, 1.54) is 40.4 Å². The third-order valence-electron chi connectivity index (χ3n) is 2.81. The SMILES string of the molecule is Cc1ccc(C)c(CNCCCCCI)c1. The molecule has 0 saturated carbocycles. The van der Waals surface area contributed by atoms with E-state index in [9.17, 15) is 0 Å². The molecule has 0 amide bonds. The molecule has 0 unspecified atom stereocenters. The fraction of sp³-hybridized carbons (Fsp3) is 0.571. The number of hydrogen-bond donors (Lipinski definition) is 1. The monoisotopic (exact) mass is 331 g/mol. The molecule has 16 heavy (non-hydrogen) atoms. The molecule has 1 N–H and O–H groups in total. The highest BCUT2D eigenvalue weighted by Gasteiger charge is 1.97. The van der Waals surface area contributed by atoms with Gasteiger partial charge < -0.3 is 5.32 Å². The average Bonchev–Trinajstić information content (AvgIpc) is 2.28. The van der Waals surface area contributed by atoms with Crippen LogP contribution in [0.1, 0.15) is 36.0 Å². The summed E-state index contributed by atoms with van der Waals surface area (Å²) in [5.74, 6) is 0. The Morgan fingerprint density at radius 2 is 1.94 bits per heavy atom. The van der Waals surface area contributed by atoms with Crippen molar-refractivity contribution in [2.75, 3.05) is 11.0 Å². The molecule has 1 nitrogen and oxygen atoms in total. The second-order valence-corrected chi connectivity index (χ2v) is 5.44. The molecule has 90 valence electrons. The molecule has 0 atom stereocenters. The Labute approximate surface area is 113 Å². The molecular weight excluding hydrogens is 309 g/mol. The summed E-state index contributed by atoms with van der Waals surface area (Å²) >= 11 is 2.45. The van der Waals surface area contributed by atoms with Crippen molar-refractivity contribution in [3.63, 3.8) is 0 Å². The van der Waals surface area contributed by atoms with Crippen molar-refractivity contribution in [1.29, 1.82) is 0 Å². The summed E-state index contributed by atoms with van der Waals surface area (Å²) in [5, 5.41) is 3.53. The molecule has 0 aromatic heterocycles. The molecule has 0 spiro atoms. The highest BCUT2D eigenvalue weighted by Crippen LogP contribution is 2.10. The van der Waals surface area contributed by atoms with Crippen LogP contribution in [0.5, 0.6) is 0 Å². The Balaban J connectivity index is 2.23. The van der Waals surface area contributed by atoms with Gasteiger partial charge in [0.05, 0.1) is 0 Å². The van der Waals surface area contributed by atoms with Gasteiger partial charge in [0.15, 0.2) is 0 Å². The van der Waals surface area contributed by atoms with Crippen molar-refractivity contribution < 1.29 is 0 Å². The standard InChI is InChI=1S/C14H22IN/c1-12-6-7-13(2)14(10-12)11-16-9-5-3-4-8-15/h6-7,10,16H,3-5,8-9,11H2,1-2H3. The maximum absolute atomic E-state index is 3.53. The zero-order valence-corrected chi connectivity index (χ0v) is 12.5. The van der Waals surface area contributed by atoms with Crippen LogP contribution in [-0.2, 0) is 6.54 Å². The second-order valence-electron chi connectivity index (χ2n) is 4.36. The largest absolute Gasteiger partial charge is 0.313 e. The van der Waals surface area contributed by atoms with Gasteiger partial charge in [0.1, 0.15) is 0 Å². The van der Waals surface area contributed by atoms with Crippen LogP contribution in [0.4, 0.5) is 0 Å². The lowest BCUT2D eigenvalue weighted by molar-refractivity contribution is 0.618. The molecule has 0 bridgehead atoms. The second kappa shape index (κ2) is 8.07. The fourth-order valence-electron chi connectivity index (χ4n) is 1.74. The number of benzene rings is 1. The molecule has 0 heterocycles. The lowest BCUT2D eigenvalue weighted by atomic mass is 10.1. The van der Waals surface area contributed by atoms with Gasteiger partial charge in [-0.05, 0) is 48.8 Å². The summed E-state index contributed by atoms with van der Waals surface area (Å²) in [6.07, 6.45) is 4.00. The van der Waals surface area contributed by atoms with Crippen LogP contribution in [0.2, 0.25) is 0 Å². The van der Waals surface area contributed by atoms with Crippen molar-refractivity contribution in [3.05, 3.63) is 34.9 Å². The van der Waals surface area contributed by atoms with Crippen LogP contribution in [0.25, 0.3) is 0 Å². The molecule has 1 aromatic carbocycles. The first-order valence-corrected chi connectivity index (χ1v) is 7.59. The first kappa shape index (κ1) is 14.0. The van der Waals surface area contributed by atoms with E-state index >= 15 is 0 Å². The molecule has 0 aliphatic carbocycles. The quantitative estimate of drug-likeness (QED) is 0.452. The first-order chi connectivity index (χ1) is 7.74. The lowest BCUT2D eigenvalue weighted by Gasteiger charge is -2.08. The molecule has 0 radical (unpaired) electrons. The summed E-state index contributed by atoms with van der Waals surface area (Å²) in [5.41, 5.74) is 4.19. The topological polar surface area (TPSA) is 12.0 Å². The Morgan fingerprint density at radius 3 is 2.69 bits per heavy atom. The third-order valence-corrected chi connectivity index (χ3v) is 3.57. The van der Waals surface area contributed by atoms with Gasteiger partial charge in [-0.15, -0.1) is 0 Å². The molecule has 0 fully saturated rings. The molecular formula is C14H22IN. The van der Waals surface area contributed by atoms with Crippen molar-refractivity contribution in [1.82, 2.24) is 5.32 Å². The third kappa shape index (κ3) is 5.30. The van der Waals surface area contributed by atoms with Gasteiger partial charge in [0, 0.05) is 6.54 Å². The van der Waals surface area contributed by atoms with Crippen LogP contribution in [0.3, 0.4) is 0 Å². The predicted molar refractivity (Wildman–Crippen MR) is 80.4 cm³/mol. The molecule has 1 aromatic rings. The van der Waals surface area contributed by atoms with E-state index < -0.39 is 0 Å². The number of aryl methyl sites for hydroxylation is 2. The summed E-state index contributed by atoms with van der Waals surface area (Å²) in [6.45, 7) is 6.50. The minimum absolute atomic E-state index is 1.01. The van der Waals surface area contributed by atoms with Crippen LogP contribution in [0, 0.1) is 13.8 Å². The average molecular weight is 331 g/mol. The van der Waals surface area contributed by atoms with Crippen LogP contribution in [0.15, 0.2) is 18.2 Å². The van der Waals surface area contributed by atoms with E-state index in [4.69, 9.17) is 0 Å². The van der Waals surface area contributed by atoms with E-state index in [0.717, 1.165) is 13.1 Å². The van der Waals surface area contributed by atoms with Gasteiger partial charge in [0.2, 0.25) is 0 Å². The minimum Gasteiger partial charge on any atom is -0.313 e. The molecule has 1 rings (SSSR count).